The number of hydrogen-bond acceptors (Lipinski definition) is 5. The van der Waals surface area contributed by atoms with Crippen molar-refractivity contribution in [2.45, 2.75) is 32.0 Å². The Morgan fingerprint density at radius 1 is 1.11 bits per heavy atom. The van der Waals surface area contributed by atoms with Gasteiger partial charge in [-0.1, -0.05) is 18.2 Å². The van der Waals surface area contributed by atoms with Crippen molar-refractivity contribution >= 4 is 16.8 Å². The molecule has 2 aromatic heterocycles. The fraction of sp³-hybridized carbons (Fsp3) is 0.333. The summed E-state index contributed by atoms with van der Waals surface area (Å²) in [6.07, 6.45) is 4.91. The van der Waals surface area contributed by atoms with Gasteiger partial charge < -0.3 is 5.32 Å². The Hall–Kier alpha value is -3.06. The number of piperidine rings is 1. The molecular formula is C21H23N5O2. The molecule has 28 heavy (non-hydrogen) atoms. The maximum atomic E-state index is 12.5. The Bertz CT molecular complexity index is 1010. The highest BCUT2D eigenvalue weighted by molar-refractivity contribution is 5.81. The predicted octanol–water partition coefficient (Wildman–Crippen LogP) is 1.57. The van der Waals surface area contributed by atoms with Crippen LogP contribution >= 0.6 is 0 Å². The van der Waals surface area contributed by atoms with E-state index in [0.717, 1.165) is 38.2 Å². The summed E-state index contributed by atoms with van der Waals surface area (Å²) in [5, 5.41) is 7.81. The molecule has 3 heterocycles. The Labute approximate surface area is 163 Å². The predicted molar refractivity (Wildman–Crippen MR) is 107 cm³/mol. The number of likely N-dealkylation sites (tertiary alicyclic amines) is 1. The lowest BCUT2D eigenvalue weighted by Crippen LogP contribution is -2.45. The number of nitrogens with one attached hydrogen (secondary N) is 1. The lowest BCUT2D eigenvalue weighted by atomic mass is 10.0. The Morgan fingerprint density at radius 3 is 2.68 bits per heavy atom. The molecule has 1 amide bonds. The zero-order chi connectivity index (χ0) is 19.3. The molecule has 1 aliphatic heterocycles. The largest absolute Gasteiger partial charge is 0.352 e. The maximum Gasteiger partial charge on any atom is 0.241 e. The van der Waals surface area contributed by atoms with Crippen LogP contribution < -0.4 is 10.7 Å². The summed E-state index contributed by atoms with van der Waals surface area (Å²) < 4.78 is 1.59. The van der Waals surface area contributed by atoms with Crippen molar-refractivity contribution in [2.24, 2.45) is 0 Å². The SMILES string of the molecule is O=C(Cn1ncc(=O)c2ccccc21)NC1CCN(Cc2ccccn2)CC1. The minimum atomic E-state index is -0.132. The molecule has 0 spiro atoms. The van der Waals surface area contributed by atoms with Crippen LogP contribution in [0, 0.1) is 0 Å². The van der Waals surface area contributed by atoms with Gasteiger partial charge in [0.05, 0.1) is 17.4 Å². The average molecular weight is 377 g/mol. The monoisotopic (exact) mass is 377 g/mol. The van der Waals surface area contributed by atoms with Crippen LogP contribution in [0.25, 0.3) is 10.9 Å². The Morgan fingerprint density at radius 2 is 1.89 bits per heavy atom. The van der Waals surface area contributed by atoms with E-state index in [-0.39, 0.29) is 23.9 Å². The fourth-order valence-corrected chi connectivity index (χ4v) is 3.65. The van der Waals surface area contributed by atoms with E-state index in [1.165, 1.54) is 6.20 Å². The number of fused-ring (bicyclic) bond motifs is 1. The molecule has 0 unspecified atom stereocenters. The Balaban J connectivity index is 1.32. The van der Waals surface area contributed by atoms with Crippen molar-refractivity contribution in [3.63, 3.8) is 0 Å². The highest BCUT2D eigenvalue weighted by Crippen LogP contribution is 2.13. The summed E-state index contributed by atoms with van der Waals surface area (Å²) in [4.78, 5) is 31.2. The number of aromatic nitrogens is 3. The van der Waals surface area contributed by atoms with Crippen LogP contribution in [0.1, 0.15) is 18.5 Å². The van der Waals surface area contributed by atoms with Gasteiger partial charge in [-0.05, 0) is 37.1 Å². The molecule has 1 fully saturated rings. The third kappa shape index (κ3) is 4.26. The standard InChI is InChI=1S/C21H23N5O2/c27-20-13-23-26(19-7-2-1-6-18(19)20)15-21(28)24-16-8-11-25(12-9-16)14-17-5-3-4-10-22-17/h1-7,10,13,16H,8-9,11-12,14-15H2,(H,24,28). The lowest BCUT2D eigenvalue weighted by molar-refractivity contribution is -0.122. The molecule has 7 heteroatoms. The van der Waals surface area contributed by atoms with Crippen LogP contribution in [0.2, 0.25) is 0 Å². The van der Waals surface area contributed by atoms with Crippen molar-refractivity contribution in [2.75, 3.05) is 13.1 Å². The highest BCUT2D eigenvalue weighted by atomic mass is 16.2. The molecule has 1 aromatic carbocycles. The highest BCUT2D eigenvalue weighted by Gasteiger charge is 2.21. The van der Waals surface area contributed by atoms with Crippen LogP contribution in [-0.2, 0) is 17.9 Å². The van der Waals surface area contributed by atoms with E-state index in [2.05, 4.69) is 20.3 Å². The average Bonchev–Trinajstić information content (AvgIpc) is 2.73. The second kappa shape index (κ2) is 8.31. The van der Waals surface area contributed by atoms with E-state index < -0.39 is 0 Å². The van der Waals surface area contributed by atoms with Crippen LogP contribution in [0.4, 0.5) is 0 Å². The van der Waals surface area contributed by atoms with E-state index in [0.29, 0.717) is 10.9 Å². The van der Waals surface area contributed by atoms with E-state index in [4.69, 9.17) is 0 Å². The summed E-state index contributed by atoms with van der Waals surface area (Å²) >= 11 is 0. The molecule has 4 rings (SSSR count). The second-order valence-electron chi connectivity index (χ2n) is 7.12. The number of benzene rings is 1. The van der Waals surface area contributed by atoms with Crippen LogP contribution in [-0.4, -0.2) is 44.7 Å². The topological polar surface area (TPSA) is 80.1 Å². The first-order valence-corrected chi connectivity index (χ1v) is 9.55. The molecule has 0 aliphatic carbocycles. The van der Waals surface area contributed by atoms with Gasteiger partial charge in [0.1, 0.15) is 6.54 Å². The second-order valence-corrected chi connectivity index (χ2v) is 7.12. The van der Waals surface area contributed by atoms with E-state index >= 15 is 0 Å². The minimum Gasteiger partial charge on any atom is -0.352 e. The molecule has 1 saturated heterocycles. The minimum absolute atomic E-state index is 0.0792. The van der Waals surface area contributed by atoms with E-state index in [9.17, 15) is 9.59 Å². The van der Waals surface area contributed by atoms with Crippen LogP contribution in [0.15, 0.2) is 59.7 Å². The molecular weight excluding hydrogens is 354 g/mol. The van der Waals surface area contributed by atoms with Crippen molar-refractivity contribution in [3.05, 3.63) is 70.8 Å². The number of carbonyl (C=O) groups excluding carboxylic acids is 1. The van der Waals surface area contributed by atoms with Gasteiger partial charge >= 0.3 is 0 Å². The first-order valence-electron chi connectivity index (χ1n) is 9.55. The summed E-state index contributed by atoms with van der Waals surface area (Å²) in [5.74, 6) is -0.0792. The normalized spacial score (nSPS) is 15.6. The number of nitrogens with zero attached hydrogens (tertiary/aromatic N) is 4. The third-order valence-corrected chi connectivity index (χ3v) is 5.12. The van der Waals surface area contributed by atoms with Gasteiger partial charge in [0.2, 0.25) is 11.3 Å². The molecule has 144 valence electrons. The molecule has 7 nitrogen and oxygen atoms in total. The van der Waals surface area contributed by atoms with Crippen molar-refractivity contribution in [1.29, 1.82) is 0 Å². The summed E-state index contributed by atoms with van der Waals surface area (Å²) in [6.45, 7) is 2.81. The van der Waals surface area contributed by atoms with Gasteiger partial charge in [-0.25, -0.2) is 0 Å². The first-order chi connectivity index (χ1) is 13.7. The summed E-state index contributed by atoms with van der Waals surface area (Å²) in [5.41, 5.74) is 1.61. The number of amides is 1. The maximum absolute atomic E-state index is 12.5. The van der Waals surface area contributed by atoms with Crippen LogP contribution in [0.3, 0.4) is 0 Å². The van der Waals surface area contributed by atoms with Gasteiger partial charge in [-0.15, -0.1) is 0 Å². The number of carbonyl (C=O) groups is 1. The number of rotatable bonds is 5. The van der Waals surface area contributed by atoms with Gasteiger partial charge in [0, 0.05) is 37.3 Å². The quantitative estimate of drug-likeness (QED) is 0.730. The molecule has 1 aliphatic rings. The summed E-state index contributed by atoms with van der Waals surface area (Å²) in [6, 6.07) is 13.4. The number of para-hydroxylation sites is 1. The molecule has 0 radical (unpaired) electrons. The first kappa shape index (κ1) is 18.3. The zero-order valence-corrected chi connectivity index (χ0v) is 15.6. The van der Waals surface area contributed by atoms with E-state index in [1.807, 2.05) is 42.6 Å². The van der Waals surface area contributed by atoms with Gasteiger partial charge in [-0.2, -0.15) is 5.10 Å². The van der Waals surface area contributed by atoms with Crippen molar-refractivity contribution in [3.8, 4) is 0 Å². The molecule has 0 bridgehead atoms. The van der Waals surface area contributed by atoms with E-state index in [1.54, 1.807) is 10.7 Å². The zero-order valence-electron chi connectivity index (χ0n) is 15.6. The van der Waals surface area contributed by atoms with Crippen molar-refractivity contribution < 1.29 is 4.79 Å². The lowest BCUT2D eigenvalue weighted by Gasteiger charge is -2.32. The van der Waals surface area contributed by atoms with Crippen LogP contribution in [0.5, 0.6) is 0 Å². The number of hydrogen-bond donors (Lipinski definition) is 1. The fourth-order valence-electron chi connectivity index (χ4n) is 3.65. The molecule has 0 saturated carbocycles. The van der Waals surface area contributed by atoms with Gasteiger partial charge in [0.15, 0.2) is 0 Å². The molecule has 3 aromatic rings. The van der Waals surface area contributed by atoms with Crippen molar-refractivity contribution in [1.82, 2.24) is 25.0 Å². The molecule has 1 N–H and O–H groups in total. The smallest absolute Gasteiger partial charge is 0.241 e. The summed E-state index contributed by atoms with van der Waals surface area (Å²) in [7, 11) is 0. The van der Waals surface area contributed by atoms with Gasteiger partial charge in [0.25, 0.3) is 0 Å². The Kier molecular flexibility index (Phi) is 5.43. The third-order valence-electron chi connectivity index (χ3n) is 5.12. The van der Waals surface area contributed by atoms with Gasteiger partial charge in [-0.3, -0.25) is 24.2 Å². The number of pyridine rings is 1. The molecule has 0 atom stereocenters.